The van der Waals surface area contributed by atoms with Crippen molar-refractivity contribution in [2.75, 3.05) is 26.7 Å². The summed E-state index contributed by atoms with van der Waals surface area (Å²) in [6, 6.07) is 0. The van der Waals surface area contributed by atoms with E-state index in [1.54, 1.807) is 0 Å². The van der Waals surface area contributed by atoms with Crippen LogP contribution in [0.1, 0.15) is 32.1 Å². The molecule has 0 radical (unpaired) electrons. The van der Waals surface area contributed by atoms with E-state index in [1.165, 1.54) is 38.6 Å². The van der Waals surface area contributed by atoms with Gasteiger partial charge in [-0.05, 0) is 37.5 Å². The van der Waals surface area contributed by atoms with E-state index in [-0.39, 0.29) is 0 Å². The molecule has 3 fully saturated rings. The molecule has 3 nitrogen and oxygen atoms in total. The van der Waals surface area contributed by atoms with Crippen LogP contribution in [-0.4, -0.2) is 43.3 Å². The zero-order valence-electron chi connectivity index (χ0n) is 10.3. The first-order chi connectivity index (χ1) is 7.78. The third-order valence-corrected chi connectivity index (χ3v) is 5.40. The molecule has 0 aromatic heterocycles. The van der Waals surface area contributed by atoms with Crippen LogP contribution in [0.4, 0.5) is 0 Å². The van der Waals surface area contributed by atoms with Crippen LogP contribution in [0, 0.1) is 11.8 Å². The van der Waals surface area contributed by atoms with Crippen molar-refractivity contribution in [1.29, 1.82) is 0 Å². The Labute approximate surface area is 98.3 Å². The molecule has 0 spiro atoms. The zero-order chi connectivity index (χ0) is 11.2. The van der Waals surface area contributed by atoms with Crippen molar-refractivity contribution < 1.29 is 4.74 Å². The van der Waals surface area contributed by atoms with Crippen molar-refractivity contribution in [3.05, 3.63) is 0 Å². The molecular formula is C13H24N2O. The Balaban J connectivity index is 1.76. The molecule has 4 atom stereocenters. The maximum Gasteiger partial charge on any atom is 0.0710 e. The summed E-state index contributed by atoms with van der Waals surface area (Å²) in [5, 5.41) is 0. The van der Waals surface area contributed by atoms with Gasteiger partial charge in [0.1, 0.15) is 0 Å². The molecule has 92 valence electrons. The van der Waals surface area contributed by atoms with Crippen LogP contribution in [0.25, 0.3) is 0 Å². The second-order valence-electron chi connectivity index (χ2n) is 5.98. The van der Waals surface area contributed by atoms with Gasteiger partial charge in [-0.3, -0.25) is 4.90 Å². The fraction of sp³-hybridized carbons (Fsp3) is 1.00. The first-order valence-corrected chi connectivity index (χ1v) is 6.76. The summed E-state index contributed by atoms with van der Waals surface area (Å²) in [6.07, 6.45) is 7.29. The van der Waals surface area contributed by atoms with E-state index < -0.39 is 0 Å². The van der Waals surface area contributed by atoms with Gasteiger partial charge in [-0.15, -0.1) is 0 Å². The van der Waals surface area contributed by atoms with Crippen molar-refractivity contribution in [3.63, 3.8) is 0 Å². The smallest absolute Gasteiger partial charge is 0.0710 e. The van der Waals surface area contributed by atoms with Gasteiger partial charge in [-0.1, -0.05) is 6.42 Å². The molecule has 2 N–H and O–H groups in total. The van der Waals surface area contributed by atoms with Crippen molar-refractivity contribution in [2.24, 2.45) is 17.6 Å². The van der Waals surface area contributed by atoms with Crippen LogP contribution in [0.3, 0.4) is 0 Å². The summed E-state index contributed by atoms with van der Waals surface area (Å²) in [5.74, 6) is 1.84. The lowest BCUT2D eigenvalue weighted by atomic mass is 9.79. The highest BCUT2D eigenvalue weighted by Crippen LogP contribution is 2.53. The summed E-state index contributed by atoms with van der Waals surface area (Å²) in [6.45, 7) is 3.15. The Kier molecular flexibility index (Phi) is 2.73. The third kappa shape index (κ3) is 1.45. The van der Waals surface area contributed by atoms with Gasteiger partial charge in [0.2, 0.25) is 0 Å². The fourth-order valence-corrected chi connectivity index (χ4v) is 4.51. The lowest BCUT2D eigenvalue weighted by molar-refractivity contribution is 0.0399. The molecule has 0 amide bonds. The molecule has 2 aliphatic carbocycles. The summed E-state index contributed by atoms with van der Waals surface area (Å²) >= 11 is 0. The number of methoxy groups -OCH3 is 1. The van der Waals surface area contributed by atoms with E-state index in [9.17, 15) is 0 Å². The number of hydrogen-bond donors (Lipinski definition) is 1. The number of likely N-dealkylation sites (tertiary alicyclic amines) is 1. The first kappa shape index (κ1) is 11.0. The van der Waals surface area contributed by atoms with E-state index >= 15 is 0 Å². The lowest BCUT2D eigenvalue weighted by Crippen LogP contribution is -2.56. The van der Waals surface area contributed by atoms with Gasteiger partial charge < -0.3 is 10.5 Å². The van der Waals surface area contributed by atoms with Crippen molar-refractivity contribution in [1.82, 2.24) is 4.90 Å². The molecule has 2 saturated carbocycles. The normalized spacial score (nSPS) is 48.0. The number of rotatable bonds is 3. The highest BCUT2D eigenvalue weighted by molar-refractivity contribution is 5.09. The van der Waals surface area contributed by atoms with Gasteiger partial charge in [-0.2, -0.15) is 0 Å². The van der Waals surface area contributed by atoms with Gasteiger partial charge in [0.05, 0.1) is 6.10 Å². The average Bonchev–Trinajstić information content (AvgIpc) is 3.03. The lowest BCUT2D eigenvalue weighted by Gasteiger charge is -2.44. The summed E-state index contributed by atoms with van der Waals surface area (Å²) in [4.78, 5) is 2.66. The van der Waals surface area contributed by atoms with Crippen molar-refractivity contribution >= 4 is 0 Å². The number of nitrogens with two attached hydrogens (primary N) is 1. The van der Waals surface area contributed by atoms with E-state index in [1.807, 2.05) is 7.11 Å². The molecule has 3 heteroatoms. The highest BCUT2D eigenvalue weighted by atomic mass is 16.5. The quantitative estimate of drug-likeness (QED) is 0.783. The second-order valence-corrected chi connectivity index (χ2v) is 5.98. The van der Waals surface area contributed by atoms with Crippen LogP contribution >= 0.6 is 0 Å². The molecule has 3 aliphatic rings. The largest absolute Gasteiger partial charge is 0.380 e. The van der Waals surface area contributed by atoms with E-state index in [0.717, 1.165) is 24.9 Å². The van der Waals surface area contributed by atoms with E-state index in [4.69, 9.17) is 10.5 Å². The molecule has 3 rings (SSSR count). The van der Waals surface area contributed by atoms with Gasteiger partial charge in [0, 0.05) is 32.3 Å². The van der Waals surface area contributed by atoms with Crippen LogP contribution in [0.15, 0.2) is 0 Å². The van der Waals surface area contributed by atoms with Gasteiger partial charge in [-0.25, -0.2) is 0 Å². The topological polar surface area (TPSA) is 38.5 Å². The monoisotopic (exact) mass is 224 g/mol. The maximum absolute atomic E-state index is 6.14. The standard InChI is InChI=1S/C13H24N2O/c1-16-12-4-5-15(8-12)13(9-14)7-10-2-3-11(13)6-10/h10-12H,2-9,14H2,1H3. The Morgan fingerprint density at radius 2 is 2.25 bits per heavy atom. The van der Waals surface area contributed by atoms with Gasteiger partial charge in [0.15, 0.2) is 0 Å². The molecule has 1 aliphatic heterocycles. The molecule has 1 saturated heterocycles. The second kappa shape index (κ2) is 3.97. The summed E-state index contributed by atoms with van der Waals surface area (Å²) in [7, 11) is 1.84. The van der Waals surface area contributed by atoms with Crippen LogP contribution in [0.5, 0.6) is 0 Å². The molecular weight excluding hydrogens is 200 g/mol. The predicted octanol–water partition coefficient (Wildman–Crippen LogP) is 1.22. The third-order valence-electron chi connectivity index (χ3n) is 5.40. The summed E-state index contributed by atoms with van der Waals surface area (Å²) in [5.41, 5.74) is 6.48. The first-order valence-electron chi connectivity index (χ1n) is 6.76. The van der Waals surface area contributed by atoms with E-state index in [2.05, 4.69) is 4.90 Å². The zero-order valence-corrected chi connectivity index (χ0v) is 10.3. The Morgan fingerprint density at radius 3 is 2.75 bits per heavy atom. The van der Waals surface area contributed by atoms with E-state index in [0.29, 0.717) is 11.6 Å². The van der Waals surface area contributed by atoms with Crippen molar-refractivity contribution in [2.45, 2.75) is 43.7 Å². The average molecular weight is 224 g/mol. The van der Waals surface area contributed by atoms with Crippen LogP contribution in [0.2, 0.25) is 0 Å². The maximum atomic E-state index is 6.14. The fourth-order valence-electron chi connectivity index (χ4n) is 4.51. The minimum Gasteiger partial charge on any atom is -0.380 e. The van der Waals surface area contributed by atoms with Crippen LogP contribution < -0.4 is 5.73 Å². The number of nitrogens with zero attached hydrogens (tertiary/aromatic N) is 1. The SMILES string of the molecule is COC1CCN(C2(CN)CC3CCC2C3)C1. The molecule has 4 unspecified atom stereocenters. The van der Waals surface area contributed by atoms with Gasteiger partial charge in [0.25, 0.3) is 0 Å². The summed E-state index contributed by atoms with van der Waals surface area (Å²) < 4.78 is 5.49. The van der Waals surface area contributed by atoms with Gasteiger partial charge >= 0.3 is 0 Å². The molecule has 0 aromatic rings. The Hall–Kier alpha value is -0.120. The molecule has 0 aromatic carbocycles. The molecule has 16 heavy (non-hydrogen) atoms. The Bertz CT molecular complexity index is 271. The number of hydrogen-bond acceptors (Lipinski definition) is 3. The molecule has 1 heterocycles. The minimum atomic E-state index is 0.343. The highest BCUT2D eigenvalue weighted by Gasteiger charge is 2.54. The Morgan fingerprint density at radius 1 is 1.38 bits per heavy atom. The minimum absolute atomic E-state index is 0.343. The number of ether oxygens (including phenoxy) is 1. The molecule has 2 bridgehead atoms. The van der Waals surface area contributed by atoms with Crippen LogP contribution in [-0.2, 0) is 4.74 Å². The number of fused-ring (bicyclic) bond motifs is 2. The predicted molar refractivity (Wildman–Crippen MR) is 64.2 cm³/mol. The van der Waals surface area contributed by atoms with Crippen molar-refractivity contribution in [3.8, 4) is 0 Å².